The Morgan fingerprint density at radius 1 is 1.33 bits per heavy atom. The molecule has 0 aliphatic heterocycles. The third kappa shape index (κ3) is 2.70. The van der Waals surface area contributed by atoms with Crippen LogP contribution in [0.25, 0.3) is 0 Å². The van der Waals surface area contributed by atoms with E-state index in [0.717, 1.165) is 5.56 Å². The first kappa shape index (κ1) is 11.0. The molecule has 0 atom stereocenters. The van der Waals surface area contributed by atoms with Crippen LogP contribution in [0.2, 0.25) is 0 Å². The fraction of sp³-hybridized carbons (Fsp3) is 0.200. The summed E-state index contributed by atoms with van der Waals surface area (Å²) in [5, 5.41) is 13.7. The van der Waals surface area contributed by atoms with E-state index >= 15 is 0 Å². The molecule has 1 aromatic carbocycles. The van der Waals surface area contributed by atoms with Crippen molar-refractivity contribution in [1.29, 1.82) is 0 Å². The van der Waals surface area contributed by atoms with E-state index in [9.17, 15) is 9.59 Å². The molecule has 80 valence electrons. The van der Waals surface area contributed by atoms with E-state index in [-0.39, 0.29) is 11.6 Å². The molecule has 1 aromatic rings. The Morgan fingerprint density at radius 3 is 2.53 bits per heavy atom. The minimum atomic E-state index is -1.02. The van der Waals surface area contributed by atoms with Gasteiger partial charge in [-0.2, -0.15) is 0 Å². The SMILES string of the molecule is CNC(=O)Nc1cc(C(=O)O)ccc1C. The summed E-state index contributed by atoms with van der Waals surface area (Å²) < 4.78 is 0. The van der Waals surface area contributed by atoms with Crippen LogP contribution in [0.3, 0.4) is 0 Å². The molecule has 0 saturated heterocycles. The molecule has 1 rings (SSSR count). The Morgan fingerprint density at radius 2 is 2.00 bits per heavy atom. The zero-order chi connectivity index (χ0) is 11.4. The van der Waals surface area contributed by atoms with Crippen LogP contribution < -0.4 is 10.6 Å². The number of benzene rings is 1. The number of urea groups is 1. The van der Waals surface area contributed by atoms with E-state index in [1.165, 1.54) is 19.2 Å². The highest BCUT2D eigenvalue weighted by molar-refractivity contribution is 5.93. The van der Waals surface area contributed by atoms with Gasteiger partial charge in [0.1, 0.15) is 0 Å². The Labute approximate surface area is 87.1 Å². The van der Waals surface area contributed by atoms with E-state index in [2.05, 4.69) is 10.6 Å². The van der Waals surface area contributed by atoms with Gasteiger partial charge in [0.05, 0.1) is 5.56 Å². The molecule has 0 unspecified atom stereocenters. The van der Waals surface area contributed by atoms with Gasteiger partial charge in [0.15, 0.2) is 0 Å². The molecular formula is C10H12N2O3. The molecular weight excluding hydrogens is 196 g/mol. The predicted octanol–water partition coefficient (Wildman–Crippen LogP) is 1.44. The molecule has 0 bridgehead atoms. The number of aromatic carboxylic acids is 1. The lowest BCUT2D eigenvalue weighted by molar-refractivity contribution is 0.0697. The molecule has 0 aliphatic carbocycles. The van der Waals surface area contributed by atoms with Crippen molar-refractivity contribution < 1.29 is 14.7 Å². The van der Waals surface area contributed by atoms with Gasteiger partial charge in [-0.1, -0.05) is 6.07 Å². The lowest BCUT2D eigenvalue weighted by Gasteiger charge is -2.08. The minimum Gasteiger partial charge on any atom is -0.478 e. The average Bonchev–Trinajstić information content (AvgIpc) is 2.20. The van der Waals surface area contributed by atoms with Crippen LogP contribution >= 0.6 is 0 Å². The highest BCUT2D eigenvalue weighted by Crippen LogP contribution is 2.16. The molecule has 2 amide bonds. The smallest absolute Gasteiger partial charge is 0.335 e. The first-order valence-electron chi connectivity index (χ1n) is 4.37. The first-order chi connectivity index (χ1) is 7.04. The second-order valence-corrected chi connectivity index (χ2v) is 3.04. The van der Waals surface area contributed by atoms with Gasteiger partial charge in [-0.3, -0.25) is 0 Å². The molecule has 0 fully saturated rings. The number of carbonyl (C=O) groups is 2. The van der Waals surface area contributed by atoms with Gasteiger partial charge in [0.2, 0.25) is 0 Å². The second kappa shape index (κ2) is 4.45. The number of carboxylic acid groups (broad SMARTS) is 1. The number of rotatable bonds is 2. The number of hydrogen-bond donors (Lipinski definition) is 3. The minimum absolute atomic E-state index is 0.145. The third-order valence-corrected chi connectivity index (χ3v) is 1.96. The Kier molecular flexibility index (Phi) is 3.28. The zero-order valence-corrected chi connectivity index (χ0v) is 8.50. The molecule has 0 radical (unpaired) electrons. The number of nitrogens with one attached hydrogen (secondary N) is 2. The van der Waals surface area contributed by atoms with Crippen LogP contribution in [0.4, 0.5) is 10.5 Å². The van der Waals surface area contributed by atoms with Crippen LogP contribution in [0, 0.1) is 6.92 Å². The standard InChI is InChI=1S/C10H12N2O3/c1-6-3-4-7(9(13)14)5-8(6)12-10(15)11-2/h3-5H,1-2H3,(H,13,14)(H2,11,12,15). The van der Waals surface area contributed by atoms with E-state index in [4.69, 9.17) is 5.11 Å². The quantitative estimate of drug-likeness (QED) is 0.688. The van der Waals surface area contributed by atoms with Gasteiger partial charge in [0.25, 0.3) is 0 Å². The summed E-state index contributed by atoms with van der Waals surface area (Å²) in [6, 6.07) is 4.19. The van der Waals surface area contributed by atoms with E-state index in [0.29, 0.717) is 5.69 Å². The van der Waals surface area contributed by atoms with Crippen molar-refractivity contribution in [1.82, 2.24) is 5.32 Å². The molecule has 0 heterocycles. The number of carboxylic acids is 1. The first-order valence-corrected chi connectivity index (χ1v) is 4.37. The van der Waals surface area contributed by atoms with E-state index in [1.807, 2.05) is 0 Å². The van der Waals surface area contributed by atoms with Crippen LogP contribution in [-0.2, 0) is 0 Å². The summed E-state index contributed by atoms with van der Waals surface area (Å²) in [4.78, 5) is 21.7. The van der Waals surface area contributed by atoms with Crippen LogP contribution in [0.5, 0.6) is 0 Å². The maximum Gasteiger partial charge on any atom is 0.335 e. The second-order valence-electron chi connectivity index (χ2n) is 3.04. The van der Waals surface area contributed by atoms with E-state index < -0.39 is 5.97 Å². The summed E-state index contributed by atoms with van der Waals surface area (Å²) in [7, 11) is 1.49. The summed E-state index contributed by atoms with van der Waals surface area (Å²) in [6.07, 6.45) is 0. The van der Waals surface area contributed by atoms with Crippen molar-refractivity contribution in [2.45, 2.75) is 6.92 Å². The molecule has 5 heteroatoms. The van der Waals surface area contributed by atoms with Crippen molar-refractivity contribution >= 4 is 17.7 Å². The summed E-state index contributed by atoms with van der Waals surface area (Å²) in [5.41, 5.74) is 1.45. The molecule has 0 saturated carbocycles. The number of amides is 2. The van der Waals surface area contributed by atoms with Crippen molar-refractivity contribution in [3.8, 4) is 0 Å². The van der Waals surface area contributed by atoms with Gasteiger partial charge < -0.3 is 15.7 Å². The molecule has 0 spiro atoms. The zero-order valence-electron chi connectivity index (χ0n) is 8.50. The topological polar surface area (TPSA) is 78.4 Å². The van der Waals surface area contributed by atoms with Crippen LogP contribution in [0.15, 0.2) is 18.2 Å². The van der Waals surface area contributed by atoms with Crippen LogP contribution in [0.1, 0.15) is 15.9 Å². The van der Waals surface area contributed by atoms with Gasteiger partial charge in [-0.15, -0.1) is 0 Å². The number of carbonyl (C=O) groups excluding carboxylic acids is 1. The molecule has 3 N–H and O–H groups in total. The molecule has 5 nitrogen and oxygen atoms in total. The normalized spacial score (nSPS) is 9.47. The lowest BCUT2D eigenvalue weighted by atomic mass is 10.1. The van der Waals surface area contributed by atoms with Gasteiger partial charge in [0, 0.05) is 12.7 Å². The number of hydrogen-bond acceptors (Lipinski definition) is 2. The van der Waals surface area contributed by atoms with E-state index in [1.54, 1.807) is 13.0 Å². The molecule has 0 aromatic heterocycles. The van der Waals surface area contributed by atoms with Crippen LogP contribution in [-0.4, -0.2) is 24.2 Å². The Bertz CT molecular complexity index is 402. The highest BCUT2D eigenvalue weighted by Gasteiger charge is 2.07. The fourth-order valence-corrected chi connectivity index (χ4v) is 1.07. The van der Waals surface area contributed by atoms with Gasteiger partial charge in [-0.25, -0.2) is 9.59 Å². The summed E-state index contributed by atoms with van der Waals surface area (Å²) >= 11 is 0. The summed E-state index contributed by atoms with van der Waals surface area (Å²) in [5.74, 6) is -1.02. The van der Waals surface area contributed by atoms with Crippen molar-refractivity contribution in [2.24, 2.45) is 0 Å². The van der Waals surface area contributed by atoms with Crippen molar-refractivity contribution in [2.75, 3.05) is 12.4 Å². The third-order valence-electron chi connectivity index (χ3n) is 1.96. The monoisotopic (exact) mass is 208 g/mol. The summed E-state index contributed by atoms with van der Waals surface area (Å²) in [6.45, 7) is 1.79. The Hall–Kier alpha value is -2.04. The predicted molar refractivity (Wildman–Crippen MR) is 56.2 cm³/mol. The fourth-order valence-electron chi connectivity index (χ4n) is 1.07. The maximum atomic E-state index is 11.0. The number of anilines is 1. The molecule has 15 heavy (non-hydrogen) atoms. The van der Waals surface area contributed by atoms with Gasteiger partial charge in [-0.05, 0) is 24.6 Å². The average molecular weight is 208 g/mol. The van der Waals surface area contributed by atoms with Gasteiger partial charge >= 0.3 is 12.0 Å². The largest absolute Gasteiger partial charge is 0.478 e. The highest BCUT2D eigenvalue weighted by atomic mass is 16.4. The van der Waals surface area contributed by atoms with Crippen molar-refractivity contribution in [3.63, 3.8) is 0 Å². The lowest BCUT2D eigenvalue weighted by Crippen LogP contribution is -2.25. The molecule has 0 aliphatic rings. The van der Waals surface area contributed by atoms with Crippen molar-refractivity contribution in [3.05, 3.63) is 29.3 Å². The Balaban J connectivity index is 3.00. The number of aryl methyl sites for hydroxylation is 1. The maximum absolute atomic E-state index is 11.0.